The topological polar surface area (TPSA) is 86.8 Å². The van der Waals surface area contributed by atoms with Crippen molar-refractivity contribution in [2.45, 2.75) is 65.1 Å². The number of nitrogens with one attached hydrogen (secondary N) is 1. The van der Waals surface area contributed by atoms with Gasteiger partial charge in [-0.2, -0.15) is 0 Å². The summed E-state index contributed by atoms with van der Waals surface area (Å²) >= 11 is 12.2. The molecule has 36 heavy (non-hydrogen) atoms. The molecule has 196 valence electrons. The monoisotopic (exact) mass is 553 g/mol. The molecule has 1 unspecified atom stereocenters. The van der Waals surface area contributed by atoms with Gasteiger partial charge in [-0.1, -0.05) is 54.2 Å². The molecule has 1 fully saturated rings. The summed E-state index contributed by atoms with van der Waals surface area (Å²) in [5.74, 6) is -0.769. The summed E-state index contributed by atoms with van der Waals surface area (Å²) in [6, 6.07) is 9.70. The zero-order valence-electron chi connectivity index (χ0n) is 21.1. The Bertz CT molecular complexity index is 1230. The second-order valence-electron chi connectivity index (χ2n) is 9.50. The quantitative estimate of drug-likeness (QED) is 0.480. The van der Waals surface area contributed by atoms with Crippen molar-refractivity contribution in [3.63, 3.8) is 0 Å². The fraction of sp³-hybridized carbons (Fsp3) is 0.462. The maximum absolute atomic E-state index is 13.7. The molecule has 0 heterocycles. The van der Waals surface area contributed by atoms with Crippen LogP contribution in [-0.4, -0.2) is 50.0 Å². The van der Waals surface area contributed by atoms with E-state index < -0.39 is 28.5 Å². The molecule has 2 aromatic carbocycles. The first-order valence-corrected chi connectivity index (χ1v) is 14.6. The predicted molar refractivity (Wildman–Crippen MR) is 145 cm³/mol. The SMILES string of the molecule is Cc1ccc(C)c(N(CC(=O)N(Cc2ccc(Cl)c(Cl)c2)C(C)C(=O)NC2CCCC2)S(C)(=O)=O)c1. The van der Waals surface area contributed by atoms with Crippen LogP contribution in [0.25, 0.3) is 0 Å². The molecule has 1 aliphatic rings. The number of hydrogen-bond acceptors (Lipinski definition) is 4. The van der Waals surface area contributed by atoms with E-state index in [0.29, 0.717) is 21.3 Å². The van der Waals surface area contributed by atoms with Crippen LogP contribution in [0.5, 0.6) is 0 Å². The van der Waals surface area contributed by atoms with Crippen molar-refractivity contribution in [3.8, 4) is 0 Å². The van der Waals surface area contributed by atoms with Crippen molar-refractivity contribution in [1.29, 1.82) is 0 Å². The van der Waals surface area contributed by atoms with Crippen LogP contribution in [0.2, 0.25) is 10.0 Å². The summed E-state index contributed by atoms with van der Waals surface area (Å²) in [4.78, 5) is 28.2. The molecule has 0 radical (unpaired) electrons. The van der Waals surface area contributed by atoms with E-state index >= 15 is 0 Å². The Kier molecular flexibility index (Phi) is 9.30. The van der Waals surface area contributed by atoms with Crippen LogP contribution in [0.4, 0.5) is 5.69 Å². The molecule has 10 heteroatoms. The number of halogens is 2. The largest absolute Gasteiger partial charge is 0.352 e. The van der Waals surface area contributed by atoms with Crippen molar-refractivity contribution >= 4 is 50.7 Å². The molecule has 2 amide bonds. The van der Waals surface area contributed by atoms with Gasteiger partial charge in [0.1, 0.15) is 12.6 Å². The lowest BCUT2D eigenvalue weighted by atomic mass is 10.1. The van der Waals surface area contributed by atoms with Crippen LogP contribution in [0.1, 0.15) is 49.3 Å². The molecule has 0 aliphatic heterocycles. The molecule has 0 spiro atoms. The average Bonchev–Trinajstić information content (AvgIpc) is 3.31. The number of sulfonamides is 1. The van der Waals surface area contributed by atoms with Gasteiger partial charge in [-0.3, -0.25) is 13.9 Å². The van der Waals surface area contributed by atoms with Crippen molar-refractivity contribution in [3.05, 3.63) is 63.1 Å². The van der Waals surface area contributed by atoms with Gasteiger partial charge in [0.25, 0.3) is 0 Å². The van der Waals surface area contributed by atoms with Gasteiger partial charge in [-0.15, -0.1) is 0 Å². The maximum Gasteiger partial charge on any atom is 0.244 e. The van der Waals surface area contributed by atoms with E-state index in [4.69, 9.17) is 23.2 Å². The normalized spacial score (nSPS) is 14.9. The van der Waals surface area contributed by atoms with Gasteiger partial charge in [0.2, 0.25) is 21.8 Å². The van der Waals surface area contributed by atoms with Crippen LogP contribution in [-0.2, 0) is 26.2 Å². The number of carbonyl (C=O) groups is 2. The van der Waals surface area contributed by atoms with Crippen molar-refractivity contribution in [2.75, 3.05) is 17.1 Å². The second-order valence-corrected chi connectivity index (χ2v) is 12.2. The van der Waals surface area contributed by atoms with Crippen molar-refractivity contribution < 1.29 is 18.0 Å². The summed E-state index contributed by atoms with van der Waals surface area (Å²) in [5, 5.41) is 3.75. The summed E-state index contributed by atoms with van der Waals surface area (Å²) in [5.41, 5.74) is 2.70. The van der Waals surface area contributed by atoms with Gasteiger partial charge < -0.3 is 10.2 Å². The first-order chi connectivity index (χ1) is 16.9. The number of anilines is 1. The number of hydrogen-bond donors (Lipinski definition) is 1. The molecule has 0 aromatic heterocycles. The van der Waals surface area contributed by atoms with E-state index in [9.17, 15) is 18.0 Å². The highest BCUT2D eigenvalue weighted by Gasteiger charge is 2.31. The highest BCUT2D eigenvalue weighted by Crippen LogP contribution is 2.26. The Labute approximate surface area is 223 Å². The molecule has 1 saturated carbocycles. The third-order valence-corrected chi connectivity index (χ3v) is 8.38. The zero-order valence-corrected chi connectivity index (χ0v) is 23.4. The third kappa shape index (κ3) is 7.14. The maximum atomic E-state index is 13.7. The Hall–Kier alpha value is -2.29. The fourth-order valence-corrected chi connectivity index (χ4v) is 5.61. The molecule has 2 aromatic rings. The first kappa shape index (κ1) is 28.3. The zero-order chi connectivity index (χ0) is 26.6. The highest BCUT2D eigenvalue weighted by atomic mass is 35.5. The molecule has 7 nitrogen and oxygen atoms in total. The number of carbonyl (C=O) groups excluding carboxylic acids is 2. The first-order valence-electron chi connectivity index (χ1n) is 12.0. The lowest BCUT2D eigenvalue weighted by molar-refractivity contribution is -0.139. The standard InChI is InChI=1S/C26H33Cl2N3O4S/c1-17-9-10-18(2)24(13-17)31(36(4,34)35)16-25(32)30(15-20-11-12-22(27)23(28)14-20)19(3)26(33)29-21-7-5-6-8-21/h9-14,19,21H,5-8,15-16H2,1-4H3,(H,29,33). The van der Waals surface area contributed by atoms with Crippen LogP contribution in [0.15, 0.2) is 36.4 Å². The summed E-state index contributed by atoms with van der Waals surface area (Å²) in [6.45, 7) is 4.94. The molecule has 1 N–H and O–H groups in total. The number of aryl methyl sites for hydroxylation is 2. The van der Waals surface area contributed by atoms with Crippen molar-refractivity contribution in [1.82, 2.24) is 10.2 Å². The van der Waals surface area contributed by atoms with E-state index in [1.54, 1.807) is 38.1 Å². The Balaban J connectivity index is 1.93. The number of benzene rings is 2. The molecule has 0 saturated heterocycles. The van der Waals surface area contributed by atoms with Crippen LogP contribution < -0.4 is 9.62 Å². The van der Waals surface area contributed by atoms with Gasteiger partial charge in [0.05, 0.1) is 22.0 Å². The Morgan fingerprint density at radius 2 is 1.72 bits per heavy atom. The van der Waals surface area contributed by atoms with Crippen LogP contribution in [0, 0.1) is 13.8 Å². The highest BCUT2D eigenvalue weighted by molar-refractivity contribution is 7.92. The minimum Gasteiger partial charge on any atom is -0.352 e. The van der Waals surface area contributed by atoms with Gasteiger partial charge in [0.15, 0.2) is 0 Å². The minimum absolute atomic E-state index is 0.0688. The molecule has 0 bridgehead atoms. The molecular formula is C26H33Cl2N3O4S. The Morgan fingerprint density at radius 3 is 2.33 bits per heavy atom. The van der Waals surface area contributed by atoms with E-state index in [0.717, 1.165) is 47.4 Å². The molecule has 3 rings (SSSR count). The van der Waals surface area contributed by atoms with Crippen LogP contribution >= 0.6 is 23.2 Å². The molecule has 1 atom stereocenters. The third-order valence-electron chi connectivity index (χ3n) is 6.52. The summed E-state index contributed by atoms with van der Waals surface area (Å²) in [6.07, 6.45) is 5.01. The lowest BCUT2D eigenvalue weighted by Gasteiger charge is -2.32. The second kappa shape index (κ2) is 11.8. The predicted octanol–water partition coefficient (Wildman–Crippen LogP) is 4.85. The van der Waals surface area contributed by atoms with Gasteiger partial charge >= 0.3 is 0 Å². The van der Waals surface area contributed by atoms with E-state index in [1.807, 2.05) is 19.1 Å². The van der Waals surface area contributed by atoms with E-state index in [-0.39, 0.29) is 18.5 Å². The van der Waals surface area contributed by atoms with E-state index in [1.165, 1.54) is 4.90 Å². The Morgan fingerprint density at radius 1 is 1.06 bits per heavy atom. The summed E-state index contributed by atoms with van der Waals surface area (Å²) in [7, 11) is -3.79. The van der Waals surface area contributed by atoms with Gasteiger partial charge in [-0.05, 0) is 68.5 Å². The molecule has 1 aliphatic carbocycles. The fourth-order valence-electron chi connectivity index (χ4n) is 4.39. The minimum atomic E-state index is -3.79. The van der Waals surface area contributed by atoms with Crippen molar-refractivity contribution in [2.24, 2.45) is 0 Å². The lowest BCUT2D eigenvalue weighted by Crippen LogP contribution is -2.52. The summed E-state index contributed by atoms with van der Waals surface area (Å²) < 4.78 is 26.6. The number of rotatable bonds is 9. The average molecular weight is 555 g/mol. The van der Waals surface area contributed by atoms with E-state index in [2.05, 4.69) is 5.32 Å². The van der Waals surface area contributed by atoms with Crippen LogP contribution in [0.3, 0.4) is 0 Å². The molecular weight excluding hydrogens is 521 g/mol. The van der Waals surface area contributed by atoms with Gasteiger partial charge in [0, 0.05) is 12.6 Å². The number of nitrogens with zero attached hydrogens (tertiary/aromatic N) is 2. The number of amides is 2. The van der Waals surface area contributed by atoms with Gasteiger partial charge in [-0.25, -0.2) is 8.42 Å². The smallest absolute Gasteiger partial charge is 0.244 e.